The zero-order valence-corrected chi connectivity index (χ0v) is 20.2. The van der Waals surface area contributed by atoms with E-state index in [1.54, 1.807) is 30.5 Å². The van der Waals surface area contributed by atoms with E-state index in [4.69, 9.17) is 11.6 Å². The summed E-state index contributed by atoms with van der Waals surface area (Å²) >= 11 is 5.87. The summed E-state index contributed by atoms with van der Waals surface area (Å²) in [6, 6.07) is 14.3. The molecular formula is C25H15ClF6N6O. The van der Waals surface area contributed by atoms with E-state index >= 15 is 0 Å². The van der Waals surface area contributed by atoms with E-state index in [9.17, 15) is 31.1 Å². The summed E-state index contributed by atoms with van der Waals surface area (Å²) in [7, 11) is 0. The lowest BCUT2D eigenvalue weighted by Gasteiger charge is -2.21. The summed E-state index contributed by atoms with van der Waals surface area (Å²) in [4.78, 5) is 16.9. The van der Waals surface area contributed by atoms with Crippen LogP contribution in [0, 0.1) is 5.82 Å². The number of hydrogen-bond acceptors (Lipinski definition) is 4. The minimum absolute atomic E-state index is 0.0801. The van der Waals surface area contributed by atoms with Gasteiger partial charge in [0.1, 0.15) is 11.5 Å². The molecule has 1 amide bonds. The molecule has 0 saturated carbocycles. The number of nitrogens with one attached hydrogen (secondary N) is 1. The van der Waals surface area contributed by atoms with Crippen molar-refractivity contribution in [2.75, 3.05) is 5.32 Å². The molecule has 0 atom stereocenters. The fraction of sp³-hybridized carbons (Fsp3) is 0.120. The number of anilines is 1. The molecule has 39 heavy (non-hydrogen) atoms. The number of amides is 1. The number of alkyl halides is 5. The second-order valence-electron chi connectivity index (χ2n) is 8.38. The van der Waals surface area contributed by atoms with Gasteiger partial charge in [0.2, 0.25) is 0 Å². The summed E-state index contributed by atoms with van der Waals surface area (Å²) in [6.45, 7) is 0.355. The first kappa shape index (κ1) is 26.2. The molecule has 0 unspecified atom stereocenters. The van der Waals surface area contributed by atoms with Crippen LogP contribution in [0.4, 0.5) is 32.2 Å². The zero-order chi connectivity index (χ0) is 27.9. The van der Waals surface area contributed by atoms with Crippen LogP contribution in [0.5, 0.6) is 0 Å². The van der Waals surface area contributed by atoms with Gasteiger partial charge in [-0.05, 0) is 48.0 Å². The third-order valence-corrected chi connectivity index (χ3v) is 5.87. The van der Waals surface area contributed by atoms with Crippen molar-refractivity contribution in [1.82, 2.24) is 24.4 Å². The van der Waals surface area contributed by atoms with Crippen molar-refractivity contribution < 1.29 is 31.1 Å². The fourth-order valence-corrected chi connectivity index (χ4v) is 3.82. The van der Waals surface area contributed by atoms with Crippen molar-refractivity contribution >= 4 is 29.0 Å². The second-order valence-corrected chi connectivity index (χ2v) is 8.82. The van der Waals surface area contributed by atoms with Crippen LogP contribution >= 0.6 is 11.6 Å². The number of benzene rings is 2. The molecule has 0 radical (unpaired) electrons. The molecule has 5 rings (SSSR count). The van der Waals surface area contributed by atoms with Crippen LogP contribution in [0.3, 0.4) is 0 Å². The molecule has 2 aromatic carbocycles. The molecule has 0 bridgehead atoms. The summed E-state index contributed by atoms with van der Waals surface area (Å²) < 4.78 is 84.1. The monoisotopic (exact) mass is 564 g/mol. The van der Waals surface area contributed by atoms with Gasteiger partial charge < -0.3 is 5.32 Å². The molecule has 0 spiro atoms. The van der Waals surface area contributed by atoms with E-state index in [1.807, 2.05) is 0 Å². The van der Waals surface area contributed by atoms with Gasteiger partial charge in [0.05, 0.1) is 12.2 Å². The first-order valence-electron chi connectivity index (χ1n) is 11.1. The standard InChI is InChI=1S/C25H15ClF6N6O/c26-16-5-1-14(2-6-16)13-37-10-9-21(36-37)34-23(39)19-12-22-33-18(15-3-7-17(27)8-4-15)11-20(38(22)35-19)24(28,29)25(30,31)32/h1-12H,13H2,(H,34,36,39). The Kier molecular flexibility index (Phi) is 6.54. The van der Waals surface area contributed by atoms with Crippen molar-refractivity contribution in [3.63, 3.8) is 0 Å². The van der Waals surface area contributed by atoms with E-state index in [-0.39, 0.29) is 21.6 Å². The molecule has 200 valence electrons. The maximum Gasteiger partial charge on any atom is 0.459 e. The number of rotatable bonds is 6. The Bertz CT molecular complexity index is 1660. The lowest BCUT2D eigenvalue weighted by atomic mass is 10.1. The van der Waals surface area contributed by atoms with Gasteiger partial charge in [0.15, 0.2) is 17.2 Å². The first-order valence-corrected chi connectivity index (χ1v) is 11.5. The highest BCUT2D eigenvalue weighted by Crippen LogP contribution is 2.44. The molecule has 0 aliphatic carbocycles. The van der Waals surface area contributed by atoms with Gasteiger partial charge in [-0.25, -0.2) is 13.9 Å². The number of carbonyl (C=O) groups is 1. The number of carbonyl (C=O) groups excluding carboxylic acids is 1. The van der Waals surface area contributed by atoms with Crippen molar-refractivity contribution in [3.8, 4) is 11.3 Å². The topological polar surface area (TPSA) is 77.1 Å². The van der Waals surface area contributed by atoms with Gasteiger partial charge in [-0.1, -0.05) is 23.7 Å². The Morgan fingerprint density at radius 1 is 0.923 bits per heavy atom. The van der Waals surface area contributed by atoms with Crippen LogP contribution in [0.2, 0.25) is 5.02 Å². The summed E-state index contributed by atoms with van der Waals surface area (Å²) in [5.74, 6) is -6.81. The number of fused-ring (bicyclic) bond motifs is 1. The maximum atomic E-state index is 14.5. The molecule has 0 fully saturated rings. The van der Waals surface area contributed by atoms with Gasteiger partial charge in [-0.3, -0.25) is 9.48 Å². The van der Waals surface area contributed by atoms with Gasteiger partial charge in [0, 0.05) is 28.9 Å². The molecule has 0 aliphatic rings. The Morgan fingerprint density at radius 3 is 2.28 bits per heavy atom. The van der Waals surface area contributed by atoms with Crippen molar-refractivity contribution in [2.24, 2.45) is 0 Å². The quantitative estimate of drug-likeness (QED) is 0.244. The Morgan fingerprint density at radius 2 is 1.62 bits per heavy atom. The average Bonchev–Trinajstić information content (AvgIpc) is 3.51. The third kappa shape index (κ3) is 5.30. The van der Waals surface area contributed by atoms with E-state index in [1.165, 1.54) is 22.9 Å². The average molecular weight is 565 g/mol. The predicted octanol–water partition coefficient (Wildman–Crippen LogP) is 6.34. The molecule has 5 aromatic rings. The molecular weight excluding hydrogens is 550 g/mol. The number of halogens is 7. The lowest BCUT2D eigenvalue weighted by molar-refractivity contribution is -0.291. The number of hydrogen-bond donors (Lipinski definition) is 1. The molecule has 3 aromatic heterocycles. The molecule has 3 heterocycles. The minimum atomic E-state index is -5.97. The molecule has 0 saturated heterocycles. The fourth-order valence-electron chi connectivity index (χ4n) is 3.70. The number of nitrogens with zero attached hydrogens (tertiary/aromatic N) is 5. The first-order chi connectivity index (χ1) is 18.4. The van der Waals surface area contributed by atoms with E-state index in [0.29, 0.717) is 17.6 Å². The predicted molar refractivity (Wildman–Crippen MR) is 129 cm³/mol. The van der Waals surface area contributed by atoms with Crippen LogP contribution in [0.25, 0.3) is 16.9 Å². The van der Waals surface area contributed by atoms with E-state index < -0.39 is 40.9 Å². The summed E-state index contributed by atoms with van der Waals surface area (Å²) in [6.07, 6.45) is -4.39. The van der Waals surface area contributed by atoms with Crippen molar-refractivity contribution in [2.45, 2.75) is 18.6 Å². The maximum absolute atomic E-state index is 14.5. The van der Waals surface area contributed by atoms with Gasteiger partial charge in [-0.2, -0.15) is 32.1 Å². The normalized spacial score (nSPS) is 12.2. The van der Waals surface area contributed by atoms with E-state index in [2.05, 4.69) is 20.5 Å². The third-order valence-electron chi connectivity index (χ3n) is 5.62. The van der Waals surface area contributed by atoms with Crippen molar-refractivity contribution in [3.05, 3.63) is 101 Å². The van der Waals surface area contributed by atoms with Crippen LogP contribution in [0.1, 0.15) is 21.7 Å². The van der Waals surface area contributed by atoms with E-state index in [0.717, 1.165) is 23.8 Å². The zero-order valence-electron chi connectivity index (χ0n) is 19.4. The Hall–Kier alpha value is -4.39. The molecule has 1 N–H and O–H groups in total. The highest BCUT2D eigenvalue weighted by atomic mass is 35.5. The van der Waals surface area contributed by atoms with Crippen LogP contribution in [0.15, 0.2) is 72.9 Å². The summed E-state index contributed by atoms with van der Waals surface area (Å²) in [5, 5.41) is 10.9. The van der Waals surface area contributed by atoms with Crippen molar-refractivity contribution in [1.29, 1.82) is 0 Å². The molecule has 7 nitrogen and oxygen atoms in total. The van der Waals surface area contributed by atoms with Gasteiger partial charge in [0.25, 0.3) is 5.91 Å². The van der Waals surface area contributed by atoms with Crippen LogP contribution in [-0.4, -0.2) is 36.5 Å². The second kappa shape index (κ2) is 9.73. The van der Waals surface area contributed by atoms with Gasteiger partial charge in [-0.15, -0.1) is 0 Å². The smallest absolute Gasteiger partial charge is 0.304 e. The Labute approximate surface area is 220 Å². The SMILES string of the molecule is O=C(Nc1ccn(Cc2ccc(Cl)cc2)n1)c1cc2nc(-c3ccc(F)cc3)cc(C(F)(F)C(F)(F)F)n2n1. The Balaban J connectivity index is 1.47. The molecule has 14 heteroatoms. The highest BCUT2D eigenvalue weighted by molar-refractivity contribution is 6.30. The lowest BCUT2D eigenvalue weighted by Crippen LogP contribution is -2.36. The minimum Gasteiger partial charge on any atom is -0.304 e. The summed E-state index contributed by atoms with van der Waals surface area (Å²) in [5.41, 5.74) is -1.84. The van der Waals surface area contributed by atoms with Crippen LogP contribution in [-0.2, 0) is 12.5 Å². The largest absolute Gasteiger partial charge is 0.459 e. The van der Waals surface area contributed by atoms with Gasteiger partial charge >= 0.3 is 12.1 Å². The molecule has 0 aliphatic heterocycles. The number of aromatic nitrogens is 5. The van der Waals surface area contributed by atoms with Crippen LogP contribution < -0.4 is 5.32 Å². The highest BCUT2D eigenvalue weighted by Gasteiger charge is 2.60.